The summed E-state index contributed by atoms with van der Waals surface area (Å²) in [5, 5.41) is 0. The molecule has 0 saturated heterocycles. The lowest BCUT2D eigenvalue weighted by Crippen LogP contribution is -2.05. The van der Waals surface area contributed by atoms with Crippen LogP contribution in [0, 0.1) is 5.82 Å². The minimum Gasteiger partial charge on any atom is -0.207 e. The van der Waals surface area contributed by atoms with Crippen LogP contribution in [0.5, 0.6) is 0 Å². The van der Waals surface area contributed by atoms with E-state index in [1.807, 2.05) is 13.9 Å². The van der Waals surface area contributed by atoms with E-state index in [0.29, 0.717) is 5.92 Å². The number of hydrogen-bond donors (Lipinski definition) is 0. The van der Waals surface area contributed by atoms with Crippen molar-refractivity contribution in [2.75, 3.05) is 0 Å². The fraction of sp³-hybridized carbons (Fsp3) is 0.333. The first kappa shape index (κ1) is 8.31. The summed E-state index contributed by atoms with van der Waals surface area (Å²) in [6, 6.07) is 5.16. The smallest absolute Gasteiger partial charge is 0.139 e. The van der Waals surface area contributed by atoms with Crippen LogP contribution in [-0.2, 0) is 0 Å². The molecule has 0 aromatic heterocycles. The van der Waals surface area contributed by atoms with E-state index >= 15 is 0 Å². The Labute approximate surface area is 67.8 Å². The normalized spacial score (nSPS) is 10.5. The van der Waals surface area contributed by atoms with E-state index in [-0.39, 0.29) is 5.82 Å². The monoisotopic (exact) mass is 150 g/mol. The Hall–Kier alpha value is -0.785. The Morgan fingerprint density at radius 1 is 1.27 bits per heavy atom. The molecule has 0 nitrogen and oxygen atoms in total. The first-order valence-electron chi connectivity index (χ1n) is 3.86. The maximum atomic E-state index is 12.8. The summed E-state index contributed by atoms with van der Waals surface area (Å²) in [7, 11) is 1.91. The molecule has 1 aromatic rings. The molecule has 0 N–H and O–H groups in total. The zero-order valence-electron chi connectivity index (χ0n) is 7.19. The van der Waals surface area contributed by atoms with Crippen LogP contribution in [0.25, 0.3) is 0 Å². The van der Waals surface area contributed by atoms with Crippen molar-refractivity contribution in [2.45, 2.75) is 19.8 Å². The second-order valence-corrected chi connectivity index (χ2v) is 3.22. The quantitative estimate of drug-likeness (QED) is 0.527. The Kier molecular flexibility index (Phi) is 2.33. The number of rotatable bonds is 1. The summed E-state index contributed by atoms with van der Waals surface area (Å²) in [5.41, 5.74) is 2.07. The van der Waals surface area contributed by atoms with Crippen LogP contribution < -0.4 is 5.46 Å². The topological polar surface area (TPSA) is 0 Å². The van der Waals surface area contributed by atoms with Gasteiger partial charge in [-0.05, 0) is 23.6 Å². The third kappa shape index (κ3) is 2.07. The van der Waals surface area contributed by atoms with Gasteiger partial charge < -0.3 is 0 Å². The molecule has 0 amide bonds. The minimum atomic E-state index is -0.131. The Morgan fingerprint density at radius 2 is 1.91 bits per heavy atom. The molecule has 2 heteroatoms. The molecule has 0 fully saturated rings. The van der Waals surface area contributed by atoms with Crippen LogP contribution in [0.1, 0.15) is 25.3 Å². The van der Waals surface area contributed by atoms with E-state index in [2.05, 4.69) is 13.8 Å². The van der Waals surface area contributed by atoms with Crippen molar-refractivity contribution < 1.29 is 4.39 Å². The molecule has 0 heterocycles. The predicted octanol–water partition coefficient (Wildman–Crippen LogP) is 1.21. The molecule has 0 unspecified atom stereocenters. The van der Waals surface area contributed by atoms with E-state index in [9.17, 15) is 4.39 Å². The molecule has 0 aliphatic carbocycles. The van der Waals surface area contributed by atoms with Gasteiger partial charge >= 0.3 is 0 Å². The molecule has 1 rings (SSSR count). The second kappa shape index (κ2) is 3.08. The molecule has 0 saturated carbocycles. The van der Waals surface area contributed by atoms with Gasteiger partial charge in [-0.15, -0.1) is 0 Å². The third-order valence-corrected chi connectivity index (χ3v) is 1.73. The van der Waals surface area contributed by atoms with Crippen LogP contribution in [0.4, 0.5) is 4.39 Å². The first-order chi connectivity index (χ1) is 5.09. The highest BCUT2D eigenvalue weighted by molar-refractivity contribution is 6.32. The average Bonchev–Trinajstić information content (AvgIpc) is 1.85. The van der Waals surface area contributed by atoms with Crippen molar-refractivity contribution in [2.24, 2.45) is 0 Å². The highest BCUT2D eigenvalue weighted by Crippen LogP contribution is 2.13. The molecule has 0 bridgehead atoms. The van der Waals surface area contributed by atoms with Gasteiger partial charge in [-0.1, -0.05) is 25.4 Å². The number of hydrogen-bond acceptors (Lipinski definition) is 0. The van der Waals surface area contributed by atoms with E-state index in [1.165, 1.54) is 0 Å². The molecule has 0 aliphatic rings. The zero-order chi connectivity index (χ0) is 8.43. The maximum absolute atomic E-state index is 12.8. The van der Waals surface area contributed by atoms with Gasteiger partial charge in [0.2, 0.25) is 0 Å². The standard InChI is InChI=1S/C9H12BF/c1-6(2)7-3-8(10)5-9(11)4-7/h3-6H,10H2,1-2H3. The highest BCUT2D eigenvalue weighted by Gasteiger charge is 2.00. The molecule has 58 valence electrons. The summed E-state index contributed by atoms with van der Waals surface area (Å²) in [6.45, 7) is 4.13. The molecular formula is C9H12BF. The number of benzene rings is 1. The maximum Gasteiger partial charge on any atom is 0.139 e. The molecule has 1 aromatic carbocycles. The molecule has 11 heavy (non-hydrogen) atoms. The van der Waals surface area contributed by atoms with Gasteiger partial charge in [0.25, 0.3) is 0 Å². The van der Waals surface area contributed by atoms with Crippen molar-refractivity contribution in [1.82, 2.24) is 0 Å². The Balaban J connectivity index is 3.08. The molecule has 0 atom stereocenters. The van der Waals surface area contributed by atoms with Crippen molar-refractivity contribution in [3.63, 3.8) is 0 Å². The van der Waals surface area contributed by atoms with Gasteiger partial charge in [0.1, 0.15) is 13.7 Å². The van der Waals surface area contributed by atoms with Crippen molar-refractivity contribution >= 4 is 13.3 Å². The highest BCUT2D eigenvalue weighted by atomic mass is 19.1. The zero-order valence-corrected chi connectivity index (χ0v) is 7.19. The van der Waals surface area contributed by atoms with Gasteiger partial charge in [0, 0.05) is 0 Å². The van der Waals surface area contributed by atoms with Crippen LogP contribution in [0.3, 0.4) is 0 Å². The Morgan fingerprint density at radius 3 is 2.36 bits per heavy atom. The lowest BCUT2D eigenvalue weighted by molar-refractivity contribution is 0.624. The van der Waals surface area contributed by atoms with Gasteiger partial charge in [-0.3, -0.25) is 0 Å². The third-order valence-electron chi connectivity index (χ3n) is 1.73. The molecular weight excluding hydrogens is 138 g/mol. The SMILES string of the molecule is Bc1cc(F)cc(C(C)C)c1. The van der Waals surface area contributed by atoms with Gasteiger partial charge in [0.15, 0.2) is 0 Å². The summed E-state index contributed by atoms with van der Waals surface area (Å²) >= 11 is 0. The first-order valence-corrected chi connectivity index (χ1v) is 3.86. The van der Waals surface area contributed by atoms with Gasteiger partial charge in [-0.25, -0.2) is 4.39 Å². The van der Waals surface area contributed by atoms with Crippen LogP contribution in [0.15, 0.2) is 18.2 Å². The summed E-state index contributed by atoms with van der Waals surface area (Å²) in [5.74, 6) is 0.276. The van der Waals surface area contributed by atoms with Gasteiger partial charge in [0.05, 0.1) is 0 Å². The lowest BCUT2D eigenvalue weighted by atomic mass is 9.91. The van der Waals surface area contributed by atoms with E-state index < -0.39 is 0 Å². The van der Waals surface area contributed by atoms with Crippen molar-refractivity contribution in [3.8, 4) is 0 Å². The minimum absolute atomic E-state index is 0.131. The van der Waals surface area contributed by atoms with Gasteiger partial charge in [-0.2, -0.15) is 0 Å². The van der Waals surface area contributed by atoms with Crippen LogP contribution in [0.2, 0.25) is 0 Å². The number of halogens is 1. The molecule has 0 radical (unpaired) electrons. The fourth-order valence-corrected chi connectivity index (χ4v) is 1.10. The molecule has 0 spiro atoms. The summed E-state index contributed by atoms with van der Waals surface area (Å²) in [4.78, 5) is 0. The Bertz CT molecular complexity index is 235. The van der Waals surface area contributed by atoms with E-state index in [0.717, 1.165) is 11.0 Å². The summed E-state index contributed by atoms with van der Waals surface area (Å²) < 4.78 is 12.8. The van der Waals surface area contributed by atoms with Crippen molar-refractivity contribution in [1.29, 1.82) is 0 Å². The van der Waals surface area contributed by atoms with Crippen LogP contribution >= 0.6 is 0 Å². The van der Waals surface area contributed by atoms with Crippen molar-refractivity contribution in [3.05, 3.63) is 29.6 Å². The lowest BCUT2D eigenvalue weighted by Gasteiger charge is -2.05. The predicted molar refractivity (Wildman–Crippen MR) is 48.7 cm³/mol. The van der Waals surface area contributed by atoms with E-state index in [1.54, 1.807) is 12.1 Å². The second-order valence-electron chi connectivity index (χ2n) is 3.22. The average molecular weight is 150 g/mol. The summed E-state index contributed by atoms with van der Waals surface area (Å²) in [6.07, 6.45) is 0. The van der Waals surface area contributed by atoms with E-state index in [4.69, 9.17) is 0 Å². The van der Waals surface area contributed by atoms with Crippen LogP contribution in [-0.4, -0.2) is 7.85 Å². The fourth-order valence-electron chi connectivity index (χ4n) is 1.10. The molecule has 0 aliphatic heterocycles. The largest absolute Gasteiger partial charge is 0.207 e.